The highest BCUT2D eigenvalue weighted by molar-refractivity contribution is 6.03. The molecule has 1 amide bonds. The summed E-state index contributed by atoms with van der Waals surface area (Å²) in [5.41, 5.74) is 0. The molecule has 3 N–H and O–H groups in total. The van der Waals surface area contributed by atoms with Crippen molar-refractivity contribution < 1.29 is 29.3 Å². The Bertz CT molecular complexity index is 342. The lowest BCUT2D eigenvalue weighted by molar-refractivity contribution is -0.155. The van der Waals surface area contributed by atoms with Crippen LogP contribution in [0.15, 0.2) is 0 Å². The van der Waals surface area contributed by atoms with Crippen LogP contribution >= 0.6 is 0 Å². The van der Waals surface area contributed by atoms with Crippen molar-refractivity contribution in [1.29, 1.82) is 0 Å². The van der Waals surface area contributed by atoms with Gasteiger partial charge >= 0.3 is 5.97 Å². The minimum absolute atomic E-state index is 0.204. The molecule has 7 nitrogen and oxygen atoms in total. The molecule has 18 heavy (non-hydrogen) atoms. The van der Waals surface area contributed by atoms with Crippen LogP contribution in [-0.4, -0.2) is 53.2 Å². The quantitative estimate of drug-likeness (QED) is 0.390. The monoisotopic (exact) mass is 259 g/mol. The number of aliphatic hydroxyl groups excluding tert-OH is 2. The molecular weight excluding hydrogens is 242 g/mol. The molecule has 0 bridgehead atoms. The smallest absolute Gasteiger partial charge is 0.316 e. The first-order valence-electron chi connectivity index (χ1n) is 5.74. The molecule has 0 aromatic heterocycles. The van der Waals surface area contributed by atoms with Crippen molar-refractivity contribution in [3.8, 4) is 0 Å². The van der Waals surface area contributed by atoms with Crippen molar-refractivity contribution in [2.75, 3.05) is 13.2 Å². The van der Waals surface area contributed by atoms with Crippen molar-refractivity contribution in [2.45, 2.75) is 31.9 Å². The summed E-state index contributed by atoms with van der Waals surface area (Å²) in [6.45, 7) is 0.513. The van der Waals surface area contributed by atoms with Gasteiger partial charge in [0, 0.05) is 6.42 Å². The van der Waals surface area contributed by atoms with Crippen LogP contribution in [0.25, 0.3) is 0 Å². The molecule has 0 aliphatic carbocycles. The third kappa shape index (κ3) is 3.78. The van der Waals surface area contributed by atoms with E-state index in [4.69, 9.17) is 10.2 Å². The average Bonchev–Trinajstić information content (AvgIpc) is 2.80. The summed E-state index contributed by atoms with van der Waals surface area (Å²) in [5.74, 6) is -2.37. The number of rotatable bonds is 6. The Balaban J connectivity index is 2.43. The zero-order valence-electron chi connectivity index (χ0n) is 10.1. The van der Waals surface area contributed by atoms with E-state index < -0.39 is 36.4 Å². The lowest BCUT2D eigenvalue weighted by Gasteiger charge is -2.15. The van der Waals surface area contributed by atoms with Crippen molar-refractivity contribution in [2.24, 2.45) is 5.92 Å². The fourth-order valence-electron chi connectivity index (χ4n) is 1.60. The van der Waals surface area contributed by atoms with E-state index in [0.717, 1.165) is 0 Å². The molecule has 3 atom stereocenters. The molecule has 0 spiro atoms. The van der Waals surface area contributed by atoms with E-state index in [1.165, 1.54) is 6.92 Å². The van der Waals surface area contributed by atoms with Gasteiger partial charge in [0.05, 0.1) is 12.6 Å². The molecule has 0 aromatic carbocycles. The SMILES string of the molecule is CC(C(=O)OCC(O)CO)C(=O)[C@@H]1CCC(=O)N1. The zero-order chi connectivity index (χ0) is 13.7. The molecule has 0 saturated carbocycles. The zero-order valence-corrected chi connectivity index (χ0v) is 10.1. The normalized spacial score (nSPS) is 22.2. The second kappa shape index (κ2) is 6.46. The fourth-order valence-corrected chi connectivity index (χ4v) is 1.60. The number of carbonyl (C=O) groups excluding carboxylic acids is 3. The Kier molecular flexibility index (Phi) is 5.24. The van der Waals surface area contributed by atoms with E-state index in [1.54, 1.807) is 0 Å². The van der Waals surface area contributed by atoms with Gasteiger partial charge in [-0.05, 0) is 13.3 Å². The van der Waals surface area contributed by atoms with E-state index in [-0.39, 0.29) is 18.9 Å². The van der Waals surface area contributed by atoms with E-state index in [9.17, 15) is 14.4 Å². The highest BCUT2D eigenvalue weighted by atomic mass is 16.5. The van der Waals surface area contributed by atoms with Crippen molar-refractivity contribution in [3.63, 3.8) is 0 Å². The molecule has 1 saturated heterocycles. The molecule has 102 valence electrons. The number of amides is 1. The van der Waals surface area contributed by atoms with Gasteiger partial charge in [0.1, 0.15) is 18.6 Å². The summed E-state index contributed by atoms with van der Waals surface area (Å²) in [6, 6.07) is -0.636. The highest BCUT2D eigenvalue weighted by Gasteiger charge is 2.34. The van der Waals surface area contributed by atoms with Crippen molar-refractivity contribution >= 4 is 17.7 Å². The molecule has 1 rings (SSSR count). The summed E-state index contributed by atoms with van der Waals surface area (Å²) in [6.07, 6.45) is -0.488. The second-order valence-electron chi connectivity index (χ2n) is 4.25. The summed E-state index contributed by atoms with van der Waals surface area (Å²) in [7, 11) is 0. The first-order chi connectivity index (χ1) is 8.45. The number of hydrogen-bond acceptors (Lipinski definition) is 6. The van der Waals surface area contributed by atoms with Crippen LogP contribution in [0.1, 0.15) is 19.8 Å². The van der Waals surface area contributed by atoms with Crippen LogP contribution in [0.5, 0.6) is 0 Å². The maximum absolute atomic E-state index is 11.8. The maximum atomic E-state index is 11.8. The van der Waals surface area contributed by atoms with Gasteiger partial charge in [0.15, 0.2) is 5.78 Å². The molecule has 0 radical (unpaired) electrons. The van der Waals surface area contributed by atoms with Crippen LogP contribution in [0, 0.1) is 5.92 Å². The number of ether oxygens (including phenoxy) is 1. The molecule has 7 heteroatoms. The number of esters is 1. The van der Waals surface area contributed by atoms with Crippen LogP contribution in [0.2, 0.25) is 0 Å². The van der Waals surface area contributed by atoms with E-state index in [2.05, 4.69) is 10.1 Å². The standard InChI is InChI=1S/C11H17NO6/c1-6(11(17)18-5-7(14)4-13)10(16)8-2-3-9(15)12-8/h6-8,13-14H,2-5H2,1H3,(H,12,15)/t6?,7?,8-/m0/s1. The van der Waals surface area contributed by atoms with Crippen molar-refractivity contribution in [3.05, 3.63) is 0 Å². The van der Waals surface area contributed by atoms with E-state index in [1.807, 2.05) is 0 Å². The van der Waals surface area contributed by atoms with Crippen LogP contribution in [0.4, 0.5) is 0 Å². The first-order valence-corrected chi connectivity index (χ1v) is 5.74. The molecule has 1 aliphatic rings. The highest BCUT2D eigenvalue weighted by Crippen LogP contribution is 2.13. The number of hydrogen-bond donors (Lipinski definition) is 3. The number of ketones is 1. The molecule has 1 aliphatic heterocycles. The van der Waals surface area contributed by atoms with Gasteiger partial charge < -0.3 is 20.3 Å². The van der Waals surface area contributed by atoms with Gasteiger partial charge in [-0.25, -0.2) is 0 Å². The van der Waals surface area contributed by atoms with Gasteiger partial charge in [-0.3, -0.25) is 14.4 Å². The van der Waals surface area contributed by atoms with Gasteiger partial charge in [0.2, 0.25) is 5.91 Å². The molecular formula is C11H17NO6. The van der Waals surface area contributed by atoms with Crippen LogP contribution in [0.3, 0.4) is 0 Å². The largest absolute Gasteiger partial charge is 0.462 e. The second-order valence-corrected chi connectivity index (χ2v) is 4.25. The molecule has 0 aromatic rings. The van der Waals surface area contributed by atoms with E-state index in [0.29, 0.717) is 6.42 Å². The predicted molar refractivity (Wildman–Crippen MR) is 59.4 cm³/mol. The van der Waals surface area contributed by atoms with Gasteiger partial charge in [0.25, 0.3) is 0 Å². The van der Waals surface area contributed by atoms with Crippen LogP contribution < -0.4 is 5.32 Å². The molecule has 1 heterocycles. The average molecular weight is 259 g/mol. The Morgan fingerprint density at radius 2 is 2.22 bits per heavy atom. The van der Waals surface area contributed by atoms with Crippen molar-refractivity contribution in [1.82, 2.24) is 5.32 Å². The molecule has 2 unspecified atom stereocenters. The van der Waals surface area contributed by atoms with E-state index >= 15 is 0 Å². The number of carbonyl (C=O) groups is 3. The lowest BCUT2D eigenvalue weighted by Crippen LogP contribution is -2.40. The first kappa shape index (κ1) is 14.6. The third-order valence-electron chi connectivity index (χ3n) is 2.75. The van der Waals surface area contributed by atoms with Gasteiger partial charge in [-0.15, -0.1) is 0 Å². The Morgan fingerprint density at radius 1 is 1.56 bits per heavy atom. The molecule has 1 fully saturated rings. The summed E-state index contributed by atoms with van der Waals surface area (Å²) < 4.78 is 4.68. The lowest BCUT2D eigenvalue weighted by atomic mass is 9.99. The fraction of sp³-hybridized carbons (Fsp3) is 0.727. The minimum atomic E-state index is -1.15. The Morgan fingerprint density at radius 3 is 2.72 bits per heavy atom. The Hall–Kier alpha value is -1.47. The van der Waals surface area contributed by atoms with Crippen LogP contribution in [-0.2, 0) is 19.1 Å². The Labute approximate surface area is 104 Å². The third-order valence-corrected chi connectivity index (χ3v) is 2.75. The summed E-state index contributed by atoms with van der Waals surface area (Å²) in [5, 5.41) is 20.0. The topological polar surface area (TPSA) is 113 Å². The number of aliphatic hydroxyl groups is 2. The summed E-state index contributed by atoms with van der Waals surface area (Å²) in [4.78, 5) is 34.3. The van der Waals surface area contributed by atoms with Gasteiger partial charge in [-0.1, -0.05) is 0 Å². The maximum Gasteiger partial charge on any atom is 0.316 e. The number of Topliss-reactive ketones (excluding diaryl/α,β-unsaturated/α-hetero) is 1. The van der Waals surface area contributed by atoms with Gasteiger partial charge in [-0.2, -0.15) is 0 Å². The summed E-state index contributed by atoms with van der Waals surface area (Å²) >= 11 is 0. The minimum Gasteiger partial charge on any atom is -0.462 e. The predicted octanol–water partition coefficient (Wildman–Crippen LogP) is -1.63. The number of nitrogens with one attached hydrogen (secondary N) is 1.